The first-order valence-corrected chi connectivity index (χ1v) is 11.2. The van der Waals surface area contributed by atoms with E-state index in [-0.39, 0.29) is 5.91 Å². The molecular formula is C24H24N4OS. The lowest BCUT2D eigenvalue weighted by Crippen LogP contribution is -2.48. The summed E-state index contributed by atoms with van der Waals surface area (Å²) in [7, 11) is 0. The van der Waals surface area contributed by atoms with Crippen LogP contribution in [0.3, 0.4) is 0 Å². The number of para-hydroxylation sites is 2. The summed E-state index contributed by atoms with van der Waals surface area (Å²) in [6.07, 6.45) is 0. The second-order valence-corrected chi connectivity index (χ2v) is 8.58. The number of hydrogen-bond acceptors (Lipinski definition) is 4. The lowest BCUT2D eigenvalue weighted by Gasteiger charge is -2.34. The van der Waals surface area contributed by atoms with Gasteiger partial charge in [-0.25, -0.2) is 4.98 Å². The topological polar surface area (TPSA) is 41.4 Å². The molecule has 0 saturated carbocycles. The number of imidazole rings is 1. The standard InChI is InChI=1S/C24H24N4OS/c29-24(22-11-6-16-30-22)27-14-12-26(13-15-27)18-23-25-20-9-4-5-10-21(20)28(23)17-19-7-2-1-3-8-19/h1-11,16H,12-15,17-18H2. The third-order valence-electron chi connectivity index (χ3n) is 5.67. The van der Waals surface area contributed by atoms with E-state index in [9.17, 15) is 4.79 Å². The molecule has 0 aliphatic carbocycles. The molecule has 2 aromatic heterocycles. The minimum Gasteiger partial charge on any atom is -0.335 e. The van der Waals surface area contributed by atoms with Crippen LogP contribution in [0.15, 0.2) is 72.1 Å². The van der Waals surface area contributed by atoms with Gasteiger partial charge in [-0.05, 0) is 29.1 Å². The molecule has 0 radical (unpaired) electrons. The Bertz CT molecular complexity index is 1130. The van der Waals surface area contributed by atoms with Gasteiger partial charge in [0.25, 0.3) is 5.91 Å². The predicted molar refractivity (Wildman–Crippen MR) is 121 cm³/mol. The number of aromatic nitrogens is 2. The summed E-state index contributed by atoms with van der Waals surface area (Å²) in [6, 6.07) is 22.7. The van der Waals surface area contributed by atoms with Crippen LogP contribution < -0.4 is 0 Å². The van der Waals surface area contributed by atoms with Crippen molar-refractivity contribution in [2.24, 2.45) is 0 Å². The first-order chi connectivity index (χ1) is 14.8. The van der Waals surface area contributed by atoms with Gasteiger partial charge >= 0.3 is 0 Å². The van der Waals surface area contributed by atoms with Crippen molar-refractivity contribution >= 4 is 28.3 Å². The van der Waals surface area contributed by atoms with E-state index < -0.39 is 0 Å². The van der Waals surface area contributed by atoms with Crippen LogP contribution >= 0.6 is 11.3 Å². The fourth-order valence-corrected chi connectivity index (χ4v) is 4.74. The number of piperazine rings is 1. The van der Waals surface area contributed by atoms with E-state index in [0.717, 1.165) is 55.5 Å². The number of hydrogen-bond donors (Lipinski definition) is 0. The van der Waals surface area contributed by atoms with E-state index >= 15 is 0 Å². The molecule has 0 unspecified atom stereocenters. The predicted octanol–water partition coefficient (Wildman–Crippen LogP) is 4.10. The molecule has 2 aromatic carbocycles. The molecule has 0 N–H and O–H groups in total. The molecule has 1 saturated heterocycles. The van der Waals surface area contributed by atoms with Crippen LogP contribution in [0.2, 0.25) is 0 Å². The zero-order valence-electron chi connectivity index (χ0n) is 16.8. The largest absolute Gasteiger partial charge is 0.335 e. The van der Waals surface area contributed by atoms with Crippen molar-refractivity contribution in [2.45, 2.75) is 13.1 Å². The highest BCUT2D eigenvalue weighted by Gasteiger charge is 2.24. The van der Waals surface area contributed by atoms with E-state index in [2.05, 4.69) is 51.9 Å². The molecule has 3 heterocycles. The van der Waals surface area contributed by atoms with E-state index in [1.165, 1.54) is 22.4 Å². The Morgan fingerprint density at radius 1 is 0.867 bits per heavy atom. The smallest absolute Gasteiger partial charge is 0.264 e. The number of nitrogens with zero attached hydrogens (tertiary/aromatic N) is 4. The highest BCUT2D eigenvalue weighted by atomic mass is 32.1. The minimum atomic E-state index is 0.154. The highest BCUT2D eigenvalue weighted by molar-refractivity contribution is 7.12. The summed E-state index contributed by atoms with van der Waals surface area (Å²) < 4.78 is 2.33. The van der Waals surface area contributed by atoms with Gasteiger partial charge in [0, 0.05) is 32.7 Å². The van der Waals surface area contributed by atoms with Crippen LogP contribution in [-0.2, 0) is 13.1 Å². The number of amides is 1. The molecule has 0 bridgehead atoms. The molecular weight excluding hydrogens is 392 g/mol. The summed E-state index contributed by atoms with van der Waals surface area (Å²) in [5, 5.41) is 1.96. The van der Waals surface area contributed by atoms with Gasteiger partial charge in [-0.15, -0.1) is 11.3 Å². The summed E-state index contributed by atoms with van der Waals surface area (Å²) in [4.78, 5) is 22.7. The molecule has 152 valence electrons. The molecule has 4 aromatic rings. The average molecular weight is 417 g/mol. The van der Waals surface area contributed by atoms with Gasteiger partial charge < -0.3 is 9.47 Å². The van der Waals surface area contributed by atoms with Crippen molar-refractivity contribution in [1.29, 1.82) is 0 Å². The fourth-order valence-electron chi connectivity index (χ4n) is 4.05. The normalized spacial score (nSPS) is 15.0. The molecule has 1 fully saturated rings. The number of thiophene rings is 1. The fraction of sp³-hybridized carbons (Fsp3) is 0.250. The van der Waals surface area contributed by atoms with Crippen molar-refractivity contribution in [3.05, 3.63) is 88.4 Å². The monoisotopic (exact) mass is 416 g/mol. The number of rotatable bonds is 5. The summed E-state index contributed by atoms with van der Waals surface area (Å²) >= 11 is 1.52. The Hall–Kier alpha value is -2.96. The van der Waals surface area contributed by atoms with Gasteiger partial charge in [0.05, 0.1) is 22.5 Å². The van der Waals surface area contributed by atoms with Crippen LogP contribution in [-0.4, -0.2) is 51.4 Å². The molecule has 0 spiro atoms. The Kier molecular flexibility index (Phi) is 5.34. The van der Waals surface area contributed by atoms with Crippen molar-refractivity contribution in [2.75, 3.05) is 26.2 Å². The van der Waals surface area contributed by atoms with E-state index in [1.54, 1.807) is 0 Å². The number of carbonyl (C=O) groups is 1. The van der Waals surface area contributed by atoms with Gasteiger partial charge in [0.2, 0.25) is 0 Å². The van der Waals surface area contributed by atoms with Gasteiger partial charge in [0.1, 0.15) is 5.82 Å². The highest BCUT2D eigenvalue weighted by Crippen LogP contribution is 2.20. The lowest BCUT2D eigenvalue weighted by atomic mass is 10.2. The average Bonchev–Trinajstić information content (AvgIpc) is 3.44. The summed E-state index contributed by atoms with van der Waals surface area (Å²) in [6.45, 7) is 4.86. The first-order valence-electron chi connectivity index (χ1n) is 10.3. The SMILES string of the molecule is O=C(c1cccs1)N1CCN(Cc2nc3ccccc3n2Cc2ccccc2)CC1. The number of carbonyl (C=O) groups excluding carboxylic acids is 1. The first kappa shape index (κ1) is 19.0. The summed E-state index contributed by atoms with van der Waals surface area (Å²) in [5.74, 6) is 1.24. The lowest BCUT2D eigenvalue weighted by molar-refractivity contribution is 0.0629. The molecule has 0 atom stereocenters. The van der Waals surface area contributed by atoms with E-state index in [1.807, 2.05) is 34.5 Å². The Morgan fingerprint density at radius 2 is 1.63 bits per heavy atom. The Labute approximate surface area is 180 Å². The van der Waals surface area contributed by atoms with Crippen LogP contribution in [0, 0.1) is 0 Å². The molecule has 5 nitrogen and oxygen atoms in total. The molecule has 5 rings (SSSR count). The molecule has 1 aliphatic rings. The molecule has 1 aliphatic heterocycles. The van der Waals surface area contributed by atoms with Crippen molar-refractivity contribution in [3.8, 4) is 0 Å². The number of fused-ring (bicyclic) bond motifs is 1. The van der Waals surface area contributed by atoms with Crippen LogP contribution in [0.1, 0.15) is 21.1 Å². The van der Waals surface area contributed by atoms with Crippen LogP contribution in [0.4, 0.5) is 0 Å². The van der Waals surface area contributed by atoms with Crippen molar-refractivity contribution in [3.63, 3.8) is 0 Å². The van der Waals surface area contributed by atoms with Gasteiger partial charge in [-0.1, -0.05) is 48.5 Å². The van der Waals surface area contributed by atoms with E-state index in [0.29, 0.717) is 0 Å². The molecule has 1 amide bonds. The zero-order chi connectivity index (χ0) is 20.3. The third kappa shape index (κ3) is 3.88. The Morgan fingerprint density at radius 3 is 2.40 bits per heavy atom. The zero-order valence-corrected chi connectivity index (χ0v) is 17.6. The van der Waals surface area contributed by atoms with Crippen molar-refractivity contribution < 1.29 is 4.79 Å². The van der Waals surface area contributed by atoms with Crippen LogP contribution in [0.5, 0.6) is 0 Å². The van der Waals surface area contributed by atoms with Crippen LogP contribution in [0.25, 0.3) is 11.0 Å². The molecule has 30 heavy (non-hydrogen) atoms. The van der Waals surface area contributed by atoms with Gasteiger partial charge in [-0.3, -0.25) is 9.69 Å². The Balaban J connectivity index is 1.32. The maximum atomic E-state index is 12.6. The summed E-state index contributed by atoms with van der Waals surface area (Å²) in [5.41, 5.74) is 3.48. The van der Waals surface area contributed by atoms with Gasteiger partial charge in [-0.2, -0.15) is 0 Å². The van der Waals surface area contributed by atoms with Crippen molar-refractivity contribution in [1.82, 2.24) is 19.4 Å². The third-order valence-corrected chi connectivity index (χ3v) is 6.53. The number of benzene rings is 2. The minimum absolute atomic E-state index is 0.154. The van der Waals surface area contributed by atoms with E-state index in [4.69, 9.17) is 4.98 Å². The quantitative estimate of drug-likeness (QED) is 0.492. The maximum Gasteiger partial charge on any atom is 0.264 e. The maximum absolute atomic E-state index is 12.6. The second-order valence-electron chi connectivity index (χ2n) is 7.63. The second kappa shape index (κ2) is 8.42. The van der Waals surface area contributed by atoms with Gasteiger partial charge in [0.15, 0.2) is 0 Å². The molecule has 6 heteroatoms.